The molecule has 1 aromatic carbocycles. The largest absolute Gasteiger partial charge is 0.481 e. The third-order valence-corrected chi connectivity index (χ3v) is 2.61. The van der Waals surface area contributed by atoms with Crippen LogP contribution < -0.4 is 10.1 Å². The molecule has 1 unspecified atom stereocenters. The van der Waals surface area contributed by atoms with Crippen LogP contribution in [0.15, 0.2) is 24.3 Å². The van der Waals surface area contributed by atoms with E-state index in [0.717, 1.165) is 6.42 Å². The number of methoxy groups -OCH3 is 1. The topological polar surface area (TPSA) is 84.9 Å². The van der Waals surface area contributed by atoms with Crippen molar-refractivity contribution in [3.63, 3.8) is 0 Å². The summed E-state index contributed by atoms with van der Waals surface area (Å²) in [7, 11) is 1.61. The van der Waals surface area contributed by atoms with E-state index in [1.807, 2.05) is 0 Å². The molecule has 6 heteroatoms. The van der Waals surface area contributed by atoms with Gasteiger partial charge in [0.05, 0.1) is 5.56 Å². The molecule has 0 heterocycles. The van der Waals surface area contributed by atoms with Crippen molar-refractivity contribution in [1.82, 2.24) is 5.32 Å². The minimum absolute atomic E-state index is 0.175. The third kappa shape index (κ3) is 5.27. The van der Waals surface area contributed by atoms with Gasteiger partial charge in [0.2, 0.25) is 0 Å². The minimum Gasteiger partial charge on any atom is -0.481 e. The van der Waals surface area contributed by atoms with Crippen molar-refractivity contribution in [1.29, 1.82) is 0 Å². The second-order valence-corrected chi connectivity index (χ2v) is 4.23. The van der Waals surface area contributed by atoms with Crippen molar-refractivity contribution < 1.29 is 24.2 Å². The summed E-state index contributed by atoms with van der Waals surface area (Å²) < 4.78 is 10.3. The highest BCUT2D eigenvalue weighted by molar-refractivity contribution is 5.87. The molecule has 0 saturated heterocycles. The van der Waals surface area contributed by atoms with Crippen molar-refractivity contribution in [2.75, 3.05) is 20.3 Å². The van der Waals surface area contributed by atoms with Gasteiger partial charge in [-0.05, 0) is 37.6 Å². The first-order valence-corrected chi connectivity index (χ1v) is 6.31. The fraction of sp³-hybridized carbons (Fsp3) is 0.429. The number of carboxylic acid groups (broad SMARTS) is 1. The molecule has 0 aromatic heterocycles. The number of nitrogens with one attached hydrogen (secondary N) is 1. The summed E-state index contributed by atoms with van der Waals surface area (Å²) in [6.07, 6.45) is 0.0932. The van der Waals surface area contributed by atoms with Crippen molar-refractivity contribution in [3.05, 3.63) is 29.8 Å². The molecule has 0 saturated carbocycles. The van der Waals surface area contributed by atoms with E-state index in [0.29, 0.717) is 18.9 Å². The van der Waals surface area contributed by atoms with Gasteiger partial charge in [-0.1, -0.05) is 0 Å². The number of benzene rings is 1. The predicted molar refractivity (Wildman–Crippen MR) is 73.0 cm³/mol. The number of hydrogen-bond donors (Lipinski definition) is 2. The van der Waals surface area contributed by atoms with Gasteiger partial charge in [0, 0.05) is 20.3 Å². The van der Waals surface area contributed by atoms with E-state index in [2.05, 4.69) is 5.32 Å². The number of carbonyl (C=O) groups is 2. The van der Waals surface area contributed by atoms with Gasteiger partial charge in [0.25, 0.3) is 5.91 Å². The van der Waals surface area contributed by atoms with Crippen LogP contribution in [-0.4, -0.2) is 43.3 Å². The molecule has 20 heavy (non-hydrogen) atoms. The average Bonchev–Trinajstić information content (AvgIpc) is 2.44. The Balaban J connectivity index is 2.42. The van der Waals surface area contributed by atoms with Crippen LogP contribution in [0, 0.1) is 0 Å². The minimum atomic E-state index is -1.000. The zero-order chi connectivity index (χ0) is 15.0. The quantitative estimate of drug-likeness (QED) is 0.702. The molecule has 1 aromatic rings. The van der Waals surface area contributed by atoms with E-state index in [4.69, 9.17) is 14.6 Å². The fourth-order valence-electron chi connectivity index (χ4n) is 1.51. The molecule has 0 bridgehead atoms. The Hall–Kier alpha value is -2.08. The maximum atomic E-state index is 11.7. The SMILES string of the molecule is COCCCNC(=O)C(C)Oc1ccc(C(=O)O)cc1. The van der Waals surface area contributed by atoms with Crippen molar-refractivity contribution in [2.24, 2.45) is 0 Å². The maximum absolute atomic E-state index is 11.7. The van der Waals surface area contributed by atoms with Gasteiger partial charge in [0.15, 0.2) is 6.10 Å². The van der Waals surface area contributed by atoms with E-state index < -0.39 is 12.1 Å². The highest BCUT2D eigenvalue weighted by atomic mass is 16.5. The van der Waals surface area contributed by atoms with Gasteiger partial charge in [-0.25, -0.2) is 4.79 Å². The van der Waals surface area contributed by atoms with E-state index in [-0.39, 0.29) is 11.5 Å². The molecule has 1 amide bonds. The molecule has 6 nitrogen and oxygen atoms in total. The molecule has 0 aliphatic rings. The van der Waals surface area contributed by atoms with E-state index in [9.17, 15) is 9.59 Å². The van der Waals surface area contributed by atoms with Crippen LogP contribution in [0.4, 0.5) is 0 Å². The summed E-state index contributed by atoms with van der Waals surface area (Å²) in [5.74, 6) is -0.765. The van der Waals surface area contributed by atoms with Gasteiger partial charge < -0.3 is 19.9 Å². The number of ether oxygens (including phenoxy) is 2. The summed E-state index contributed by atoms with van der Waals surface area (Å²) in [5.41, 5.74) is 0.175. The second kappa shape index (κ2) is 8.16. The van der Waals surface area contributed by atoms with Gasteiger partial charge >= 0.3 is 5.97 Å². The first-order valence-electron chi connectivity index (χ1n) is 6.31. The molecular weight excluding hydrogens is 262 g/mol. The van der Waals surface area contributed by atoms with Crippen LogP contribution in [0.2, 0.25) is 0 Å². The van der Waals surface area contributed by atoms with Gasteiger partial charge in [0.1, 0.15) is 5.75 Å². The number of hydrogen-bond acceptors (Lipinski definition) is 4. The van der Waals surface area contributed by atoms with Crippen LogP contribution in [0.1, 0.15) is 23.7 Å². The van der Waals surface area contributed by atoms with Crippen LogP contribution in [0.3, 0.4) is 0 Å². The van der Waals surface area contributed by atoms with Crippen LogP contribution >= 0.6 is 0 Å². The monoisotopic (exact) mass is 281 g/mol. The van der Waals surface area contributed by atoms with Crippen LogP contribution in [0.25, 0.3) is 0 Å². The van der Waals surface area contributed by atoms with E-state index in [1.54, 1.807) is 14.0 Å². The lowest BCUT2D eigenvalue weighted by Crippen LogP contribution is -2.37. The average molecular weight is 281 g/mol. The lowest BCUT2D eigenvalue weighted by Gasteiger charge is -2.14. The molecule has 1 atom stereocenters. The smallest absolute Gasteiger partial charge is 0.335 e. The number of carbonyl (C=O) groups excluding carboxylic acids is 1. The van der Waals surface area contributed by atoms with Gasteiger partial charge in [-0.3, -0.25) is 4.79 Å². The predicted octanol–water partition coefficient (Wildman–Crippen LogP) is 1.30. The molecule has 1 rings (SSSR count). The number of amides is 1. The normalized spacial score (nSPS) is 11.7. The molecule has 0 aliphatic heterocycles. The van der Waals surface area contributed by atoms with E-state index in [1.165, 1.54) is 24.3 Å². The summed E-state index contributed by atoms with van der Waals surface area (Å²) in [5, 5.41) is 11.5. The molecule has 0 fully saturated rings. The lowest BCUT2D eigenvalue weighted by atomic mass is 10.2. The second-order valence-electron chi connectivity index (χ2n) is 4.23. The first-order chi connectivity index (χ1) is 9.54. The molecular formula is C14H19NO5. The molecule has 2 N–H and O–H groups in total. The Morgan fingerprint density at radius 2 is 1.95 bits per heavy atom. The Kier molecular flexibility index (Phi) is 6.52. The number of rotatable bonds is 8. The molecule has 0 aliphatic carbocycles. The third-order valence-electron chi connectivity index (χ3n) is 2.61. The van der Waals surface area contributed by atoms with Crippen LogP contribution in [0.5, 0.6) is 5.75 Å². The zero-order valence-corrected chi connectivity index (χ0v) is 11.6. The first kappa shape index (κ1) is 16.0. The van der Waals surface area contributed by atoms with E-state index >= 15 is 0 Å². The molecule has 0 radical (unpaired) electrons. The molecule has 0 spiro atoms. The van der Waals surface area contributed by atoms with Crippen molar-refractivity contribution in [3.8, 4) is 5.75 Å². The highest BCUT2D eigenvalue weighted by Gasteiger charge is 2.14. The summed E-state index contributed by atoms with van der Waals surface area (Å²) in [4.78, 5) is 22.4. The number of carboxylic acids is 1. The van der Waals surface area contributed by atoms with Gasteiger partial charge in [-0.15, -0.1) is 0 Å². The maximum Gasteiger partial charge on any atom is 0.335 e. The fourth-order valence-corrected chi connectivity index (χ4v) is 1.51. The molecule has 110 valence electrons. The zero-order valence-electron chi connectivity index (χ0n) is 11.6. The lowest BCUT2D eigenvalue weighted by molar-refractivity contribution is -0.127. The van der Waals surface area contributed by atoms with Crippen LogP contribution in [-0.2, 0) is 9.53 Å². The highest BCUT2D eigenvalue weighted by Crippen LogP contribution is 2.14. The Morgan fingerprint density at radius 1 is 1.30 bits per heavy atom. The van der Waals surface area contributed by atoms with Gasteiger partial charge in [-0.2, -0.15) is 0 Å². The van der Waals surface area contributed by atoms with Crippen molar-refractivity contribution >= 4 is 11.9 Å². The standard InChI is InChI=1S/C14H19NO5/c1-10(13(16)15-8-3-9-19-2)20-12-6-4-11(5-7-12)14(17)18/h4-7,10H,3,8-9H2,1-2H3,(H,15,16)(H,17,18). The Morgan fingerprint density at radius 3 is 2.50 bits per heavy atom. The summed E-state index contributed by atoms with van der Waals surface area (Å²) >= 11 is 0. The number of aromatic carboxylic acids is 1. The Labute approximate surface area is 117 Å². The van der Waals surface area contributed by atoms with Crippen molar-refractivity contribution in [2.45, 2.75) is 19.4 Å². The Bertz CT molecular complexity index is 443. The summed E-state index contributed by atoms with van der Waals surface area (Å²) in [6, 6.07) is 5.91. The summed E-state index contributed by atoms with van der Waals surface area (Å²) in [6.45, 7) is 2.75.